The van der Waals surface area contributed by atoms with Gasteiger partial charge in [0.1, 0.15) is 11.4 Å². The summed E-state index contributed by atoms with van der Waals surface area (Å²) in [5.41, 5.74) is 3.84. The molecule has 0 amide bonds. The number of carbonyl (C=O) groups excluding carboxylic acids is 1. The molecule has 0 fully saturated rings. The van der Waals surface area contributed by atoms with E-state index >= 15 is 0 Å². The number of hydrogen-bond acceptors (Lipinski definition) is 3. The number of carbonyl (C=O) groups is 1. The maximum absolute atomic E-state index is 12.9. The van der Waals surface area contributed by atoms with Gasteiger partial charge in [0.2, 0.25) is 5.78 Å². The second kappa shape index (κ2) is 6.81. The predicted octanol–water partition coefficient (Wildman–Crippen LogP) is 5.14. The second-order valence-electron chi connectivity index (χ2n) is 6.00. The summed E-state index contributed by atoms with van der Waals surface area (Å²) in [7, 11) is 1.64. The van der Waals surface area contributed by atoms with Crippen LogP contribution in [0, 0.1) is 0 Å². The van der Waals surface area contributed by atoms with Crippen LogP contribution in [0.2, 0.25) is 0 Å². The van der Waals surface area contributed by atoms with E-state index in [0.717, 1.165) is 27.8 Å². The van der Waals surface area contributed by atoms with Gasteiger partial charge in [0.05, 0.1) is 12.6 Å². The number of aromatic nitrogens is 1. The van der Waals surface area contributed by atoms with E-state index in [-0.39, 0.29) is 5.78 Å². The molecule has 0 aliphatic heterocycles. The van der Waals surface area contributed by atoms with Crippen molar-refractivity contribution in [3.63, 3.8) is 0 Å². The number of nitrogens with zero attached hydrogens (tertiary/aromatic N) is 1. The van der Waals surface area contributed by atoms with Crippen LogP contribution in [0.15, 0.2) is 84.9 Å². The molecule has 0 bridgehead atoms. The summed E-state index contributed by atoms with van der Waals surface area (Å²) < 4.78 is 5.37. The molecule has 0 aliphatic rings. The molecule has 3 nitrogen and oxygen atoms in total. The average molecular weight is 339 g/mol. The van der Waals surface area contributed by atoms with E-state index < -0.39 is 0 Å². The molecule has 3 heteroatoms. The van der Waals surface area contributed by atoms with Crippen LogP contribution in [0.3, 0.4) is 0 Å². The summed E-state index contributed by atoms with van der Waals surface area (Å²) in [6.45, 7) is 0. The van der Waals surface area contributed by atoms with Gasteiger partial charge in [0.15, 0.2) is 0 Å². The number of methoxy groups -OCH3 is 1. The minimum absolute atomic E-state index is 0.0829. The lowest BCUT2D eigenvalue weighted by molar-refractivity contribution is 0.103. The third-order valence-corrected chi connectivity index (χ3v) is 4.37. The molecular formula is C23H17NO2. The molecule has 0 unspecified atom stereocenters. The first-order valence-corrected chi connectivity index (χ1v) is 8.40. The van der Waals surface area contributed by atoms with Crippen molar-refractivity contribution in [3.8, 4) is 16.9 Å². The van der Waals surface area contributed by atoms with Crippen molar-refractivity contribution in [1.82, 2.24) is 4.98 Å². The first kappa shape index (κ1) is 16.0. The molecule has 1 heterocycles. The van der Waals surface area contributed by atoms with Crippen molar-refractivity contribution < 1.29 is 9.53 Å². The number of rotatable bonds is 4. The average Bonchev–Trinajstić information content (AvgIpc) is 2.73. The van der Waals surface area contributed by atoms with Gasteiger partial charge in [-0.2, -0.15) is 0 Å². The van der Waals surface area contributed by atoms with Gasteiger partial charge in [-0.3, -0.25) is 4.79 Å². The number of ketones is 1. The Balaban J connectivity index is 1.95. The fourth-order valence-electron chi connectivity index (χ4n) is 3.04. The van der Waals surface area contributed by atoms with Crippen molar-refractivity contribution >= 4 is 16.7 Å². The lowest BCUT2D eigenvalue weighted by Gasteiger charge is -2.11. The Morgan fingerprint density at radius 3 is 2.23 bits per heavy atom. The smallest absolute Gasteiger partial charge is 0.211 e. The van der Waals surface area contributed by atoms with Crippen molar-refractivity contribution in [2.24, 2.45) is 0 Å². The van der Waals surface area contributed by atoms with E-state index in [4.69, 9.17) is 4.74 Å². The Bertz CT molecular complexity index is 1070. The molecule has 0 saturated carbocycles. The van der Waals surface area contributed by atoms with Crippen LogP contribution in [0.4, 0.5) is 0 Å². The van der Waals surface area contributed by atoms with Crippen molar-refractivity contribution in [1.29, 1.82) is 0 Å². The highest BCUT2D eigenvalue weighted by molar-refractivity contribution is 6.10. The third-order valence-electron chi connectivity index (χ3n) is 4.37. The molecule has 3 aromatic carbocycles. The van der Waals surface area contributed by atoms with Gasteiger partial charge in [0, 0.05) is 10.9 Å². The van der Waals surface area contributed by atoms with E-state index in [1.54, 1.807) is 7.11 Å². The van der Waals surface area contributed by atoms with Gasteiger partial charge < -0.3 is 4.74 Å². The van der Waals surface area contributed by atoms with E-state index in [1.165, 1.54) is 0 Å². The lowest BCUT2D eigenvalue weighted by atomic mass is 9.98. The van der Waals surface area contributed by atoms with Crippen LogP contribution in [-0.4, -0.2) is 17.9 Å². The van der Waals surface area contributed by atoms with E-state index in [0.29, 0.717) is 11.3 Å². The number of ether oxygens (including phenoxy) is 1. The summed E-state index contributed by atoms with van der Waals surface area (Å²) in [5.74, 6) is 0.680. The standard InChI is InChI=1S/C23H17NO2/c1-26-18-12-13-21-20(14-18)19(16-8-4-2-5-9-16)15-22(24-21)23(25)17-10-6-3-7-11-17/h2-15H,1H3. The summed E-state index contributed by atoms with van der Waals surface area (Å²) in [6.07, 6.45) is 0. The largest absolute Gasteiger partial charge is 0.497 e. The molecular weight excluding hydrogens is 322 g/mol. The van der Waals surface area contributed by atoms with Gasteiger partial charge in [-0.05, 0) is 35.4 Å². The van der Waals surface area contributed by atoms with Gasteiger partial charge in [-0.15, -0.1) is 0 Å². The molecule has 0 N–H and O–H groups in total. The Hall–Kier alpha value is -3.46. The lowest BCUT2D eigenvalue weighted by Crippen LogP contribution is -2.05. The monoisotopic (exact) mass is 339 g/mol. The van der Waals surface area contributed by atoms with Crippen molar-refractivity contribution in [2.75, 3.05) is 7.11 Å². The number of pyridine rings is 1. The summed E-state index contributed by atoms with van der Waals surface area (Å²) in [4.78, 5) is 17.5. The highest BCUT2D eigenvalue weighted by atomic mass is 16.5. The third kappa shape index (κ3) is 2.95. The predicted molar refractivity (Wildman–Crippen MR) is 104 cm³/mol. The molecule has 0 spiro atoms. The van der Waals surface area contributed by atoms with Crippen LogP contribution >= 0.6 is 0 Å². The first-order chi connectivity index (χ1) is 12.8. The number of hydrogen-bond donors (Lipinski definition) is 0. The molecule has 1 aromatic heterocycles. The zero-order valence-electron chi connectivity index (χ0n) is 14.3. The quantitative estimate of drug-likeness (QED) is 0.483. The molecule has 0 atom stereocenters. The molecule has 4 aromatic rings. The van der Waals surface area contributed by atoms with E-state index in [2.05, 4.69) is 4.98 Å². The fraction of sp³-hybridized carbons (Fsp3) is 0.0435. The Morgan fingerprint density at radius 1 is 0.846 bits per heavy atom. The summed E-state index contributed by atoms with van der Waals surface area (Å²) >= 11 is 0. The second-order valence-corrected chi connectivity index (χ2v) is 6.00. The highest BCUT2D eigenvalue weighted by Gasteiger charge is 2.15. The van der Waals surface area contributed by atoms with Crippen LogP contribution in [-0.2, 0) is 0 Å². The topological polar surface area (TPSA) is 39.2 Å². The van der Waals surface area contributed by atoms with Crippen LogP contribution in [0.5, 0.6) is 5.75 Å². The number of benzene rings is 3. The maximum atomic E-state index is 12.9. The molecule has 26 heavy (non-hydrogen) atoms. The molecule has 0 radical (unpaired) electrons. The van der Waals surface area contributed by atoms with Crippen LogP contribution in [0.25, 0.3) is 22.0 Å². The van der Waals surface area contributed by atoms with Gasteiger partial charge in [-0.25, -0.2) is 4.98 Å². The van der Waals surface area contributed by atoms with Gasteiger partial charge in [0.25, 0.3) is 0 Å². The molecule has 0 aliphatic carbocycles. The van der Waals surface area contributed by atoms with Crippen molar-refractivity contribution in [2.45, 2.75) is 0 Å². The summed E-state index contributed by atoms with van der Waals surface area (Å²) in [5, 5.41) is 0.958. The highest BCUT2D eigenvalue weighted by Crippen LogP contribution is 2.31. The minimum Gasteiger partial charge on any atom is -0.497 e. The number of fused-ring (bicyclic) bond motifs is 1. The van der Waals surface area contributed by atoms with Crippen molar-refractivity contribution in [3.05, 3.63) is 96.2 Å². The summed E-state index contributed by atoms with van der Waals surface area (Å²) in [6, 6.07) is 26.8. The Morgan fingerprint density at radius 2 is 1.54 bits per heavy atom. The maximum Gasteiger partial charge on any atom is 0.211 e. The minimum atomic E-state index is -0.0829. The van der Waals surface area contributed by atoms with Gasteiger partial charge in [-0.1, -0.05) is 60.7 Å². The molecule has 0 saturated heterocycles. The zero-order valence-corrected chi connectivity index (χ0v) is 14.3. The Kier molecular flexibility index (Phi) is 4.20. The Labute approximate surface area is 151 Å². The zero-order chi connectivity index (χ0) is 17.9. The first-order valence-electron chi connectivity index (χ1n) is 8.40. The molecule has 4 rings (SSSR count). The normalized spacial score (nSPS) is 10.7. The fourth-order valence-corrected chi connectivity index (χ4v) is 3.04. The van der Waals surface area contributed by atoms with Gasteiger partial charge >= 0.3 is 0 Å². The van der Waals surface area contributed by atoms with E-state index in [1.807, 2.05) is 84.9 Å². The van der Waals surface area contributed by atoms with Crippen LogP contribution < -0.4 is 4.74 Å². The van der Waals surface area contributed by atoms with Crippen LogP contribution in [0.1, 0.15) is 16.1 Å². The SMILES string of the molecule is COc1ccc2nc(C(=O)c3ccccc3)cc(-c3ccccc3)c2c1. The molecule has 126 valence electrons. The van der Waals surface area contributed by atoms with E-state index in [9.17, 15) is 4.79 Å².